The molecule has 0 amide bonds. The van der Waals surface area contributed by atoms with Crippen molar-refractivity contribution in [2.45, 2.75) is 45.8 Å². The number of rotatable bonds is 7. The van der Waals surface area contributed by atoms with E-state index in [2.05, 4.69) is 20.5 Å². The van der Waals surface area contributed by atoms with Crippen molar-refractivity contribution in [3.05, 3.63) is 30.0 Å². The van der Waals surface area contributed by atoms with Crippen molar-refractivity contribution in [2.24, 2.45) is 0 Å². The molecule has 8 nitrogen and oxygen atoms in total. The molecule has 2 aromatic heterocycles. The van der Waals surface area contributed by atoms with Gasteiger partial charge in [0.05, 0.1) is 26.4 Å². The van der Waals surface area contributed by atoms with Crippen LogP contribution < -0.4 is 19.5 Å². The number of aryl methyl sites for hydroxylation is 1. The minimum absolute atomic E-state index is 0.0206. The largest absolute Gasteiger partial charge is 0.493 e. The Morgan fingerprint density at radius 1 is 1.10 bits per heavy atom. The standard InChI is InChI=1S/C22H28N4O4/c1-13(2)29-22-17-12-18(27-4)19(30-16-5-7-28-8-6-16)10-15(17)11-20(24-22)23-21-9-14(3)25-26-21/h9-13,16H,5-8H2,1-4H3,(H2,23,24,25,26). The van der Waals surface area contributed by atoms with Gasteiger partial charge in [-0.25, -0.2) is 0 Å². The van der Waals surface area contributed by atoms with Crippen LogP contribution in [0.25, 0.3) is 10.8 Å². The monoisotopic (exact) mass is 412 g/mol. The van der Waals surface area contributed by atoms with Gasteiger partial charge in [-0.15, -0.1) is 0 Å². The summed E-state index contributed by atoms with van der Waals surface area (Å²) in [6.07, 6.45) is 1.82. The van der Waals surface area contributed by atoms with Crippen LogP contribution in [0.5, 0.6) is 17.4 Å². The smallest absolute Gasteiger partial charge is 0.223 e. The summed E-state index contributed by atoms with van der Waals surface area (Å²) < 4.78 is 23.3. The fourth-order valence-electron chi connectivity index (χ4n) is 3.44. The third kappa shape index (κ3) is 4.59. The fourth-order valence-corrected chi connectivity index (χ4v) is 3.44. The molecule has 1 aliphatic rings. The summed E-state index contributed by atoms with van der Waals surface area (Å²) in [5.74, 6) is 3.25. The van der Waals surface area contributed by atoms with Crippen LogP contribution in [0.4, 0.5) is 11.6 Å². The highest BCUT2D eigenvalue weighted by molar-refractivity contribution is 5.92. The Labute approximate surface area is 175 Å². The highest BCUT2D eigenvalue weighted by Crippen LogP contribution is 2.38. The second kappa shape index (κ2) is 8.79. The number of hydrogen-bond acceptors (Lipinski definition) is 7. The van der Waals surface area contributed by atoms with E-state index in [1.54, 1.807) is 7.11 Å². The zero-order valence-electron chi connectivity index (χ0n) is 17.8. The number of nitrogens with zero attached hydrogens (tertiary/aromatic N) is 2. The Balaban J connectivity index is 1.74. The minimum Gasteiger partial charge on any atom is -0.493 e. The van der Waals surface area contributed by atoms with Crippen molar-refractivity contribution in [3.63, 3.8) is 0 Å². The summed E-state index contributed by atoms with van der Waals surface area (Å²) in [7, 11) is 1.64. The molecule has 1 fully saturated rings. The first-order valence-corrected chi connectivity index (χ1v) is 10.2. The molecule has 8 heteroatoms. The summed E-state index contributed by atoms with van der Waals surface area (Å²) in [5, 5.41) is 12.2. The lowest BCUT2D eigenvalue weighted by molar-refractivity contribution is 0.0246. The van der Waals surface area contributed by atoms with E-state index in [0.29, 0.717) is 42.2 Å². The SMILES string of the molecule is COc1cc2c(OC(C)C)nc(Nc3cc(C)[nH]n3)cc2cc1OC1CCOCC1. The van der Waals surface area contributed by atoms with Crippen molar-refractivity contribution in [2.75, 3.05) is 25.6 Å². The first-order chi connectivity index (χ1) is 14.5. The van der Waals surface area contributed by atoms with Gasteiger partial charge in [-0.3, -0.25) is 5.10 Å². The van der Waals surface area contributed by atoms with E-state index in [1.807, 2.05) is 45.0 Å². The molecule has 0 radical (unpaired) electrons. The van der Waals surface area contributed by atoms with E-state index < -0.39 is 0 Å². The quantitative estimate of drug-likeness (QED) is 0.596. The van der Waals surface area contributed by atoms with Crippen molar-refractivity contribution in [3.8, 4) is 17.4 Å². The number of anilines is 2. The maximum Gasteiger partial charge on any atom is 0.223 e. The number of fused-ring (bicyclic) bond motifs is 1. The van der Waals surface area contributed by atoms with Crippen LogP contribution >= 0.6 is 0 Å². The second-order valence-electron chi connectivity index (χ2n) is 7.69. The zero-order valence-corrected chi connectivity index (χ0v) is 17.8. The molecular weight excluding hydrogens is 384 g/mol. The Kier molecular flexibility index (Phi) is 5.94. The molecule has 2 N–H and O–H groups in total. The van der Waals surface area contributed by atoms with Crippen molar-refractivity contribution >= 4 is 22.4 Å². The lowest BCUT2D eigenvalue weighted by atomic mass is 10.1. The molecule has 0 atom stereocenters. The summed E-state index contributed by atoms with van der Waals surface area (Å²) in [6, 6.07) is 7.79. The van der Waals surface area contributed by atoms with Crippen LogP contribution in [0.1, 0.15) is 32.4 Å². The van der Waals surface area contributed by atoms with Gasteiger partial charge in [-0.1, -0.05) is 0 Å². The van der Waals surface area contributed by atoms with Gasteiger partial charge >= 0.3 is 0 Å². The first-order valence-electron chi connectivity index (χ1n) is 10.2. The molecule has 3 heterocycles. The molecule has 1 saturated heterocycles. The van der Waals surface area contributed by atoms with E-state index in [4.69, 9.17) is 18.9 Å². The summed E-state index contributed by atoms with van der Waals surface area (Å²) in [5.41, 5.74) is 0.967. The molecule has 0 bridgehead atoms. The summed E-state index contributed by atoms with van der Waals surface area (Å²) >= 11 is 0. The Morgan fingerprint density at radius 2 is 1.90 bits per heavy atom. The van der Waals surface area contributed by atoms with Crippen LogP contribution in [-0.2, 0) is 4.74 Å². The van der Waals surface area contributed by atoms with Crippen LogP contribution in [-0.4, -0.2) is 47.7 Å². The topological polar surface area (TPSA) is 90.5 Å². The number of ether oxygens (including phenoxy) is 4. The lowest BCUT2D eigenvalue weighted by Crippen LogP contribution is -2.26. The van der Waals surface area contributed by atoms with Gasteiger partial charge < -0.3 is 24.3 Å². The number of aromatic nitrogens is 3. The van der Waals surface area contributed by atoms with Gasteiger partial charge in [0.15, 0.2) is 17.3 Å². The number of methoxy groups -OCH3 is 1. The molecule has 1 aliphatic heterocycles. The second-order valence-corrected chi connectivity index (χ2v) is 7.69. The Bertz CT molecular complexity index is 1010. The number of hydrogen-bond donors (Lipinski definition) is 2. The third-order valence-corrected chi connectivity index (χ3v) is 4.85. The molecule has 160 valence electrons. The van der Waals surface area contributed by atoms with Crippen molar-refractivity contribution in [1.82, 2.24) is 15.2 Å². The van der Waals surface area contributed by atoms with Gasteiger partial charge in [0.25, 0.3) is 0 Å². The Hall–Kier alpha value is -3.00. The van der Waals surface area contributed by atoms with Crippen molar-refractivity contribution < 1.29 is 18.9 Å². The lowest BCUT2D eigenvalue weighted by Gasteiger charge is -2.24. The molecule has 0 aliphatic carbocycles. The van der Waals surface area contributed by atoms with Crippen LogP contribution in [0.2, 0.25) is 0 Å². The molecule has 0 saturated carbocycles. The van der Waals surface area contributed by atoms with Gasteiger partial charge in [0.1, 0.15) is 11.9 Å². The van der Waals surface area contributed by atoms with E-state index in [9.17, 15) is 0 Å². The van der Waals surface area contributed by atoms with E-state index in [0.717, 1.165) is 29.3 Å². The normalized spacial score (nSPS) is 14.8. The summed E-state index contributed by atoms with van der Waals surface area (Å²) in [4.78, 5) is 4.67. The van der Waals surface area contributed by atoms with E-state index in [-0.39, 0.29) is 12.2 Å². The van der Waals surface area contributed by atoms with Gasteiger partial charge in [0, 0.05) is 30.0 Å². The number of nitrogens with one attached hydrogen (secondary N) is 2. The first kappa shape index (κ1) is 20.3. The summed E-state index contributed by atoms with van der Waals surface area (Å²) in [6.45, 7) is 7.34. The number of H-pyrrole nitrogens is 1. The minimum atomic E-state index is -0.0206. The van der Waals surface area contributed by atoms with Crippen LogP contribution in [0.15, 0.2) is 24.3 Å². The highest BCUT2D eigenvalue weighted by atomic mass is 16.5. The molecule has 1 aromatic carbocycles. The van der Waals surface area contributed by atoms with Crippen LogP contribution in [0, 0.1) is 6.92 Å². The van der Waals surface area contributed by atoms with Gasteiger partial charge in [0.2, 0.25) is 5.88 Å². The predicted molar refractivity (Wildman–Crippen MR) is 115 cm³/mol. The molecule has 0 unspecified atom stereocenters. The maximum absolute atomic E-state index is 6.26. The maximum atomic E-state index is 6.26. The average molecular weight is 412 g/mol. The molecule has 0 spiro atoms. The number of pyridine rings is 1. The number of benzene rings is 1. The highest BCUT2D eigenvalue weighted by Gasteiger charge is 2.20. The molecule has 4 rings (SSSR count). The zero-order chi connectivity index (χ0) is 21.1. The third-order valence-electron chi connectivity index (χ3n) is 4.85. The van der Waals surface area contributed by atoms with Gasteiger partial charge in [-0.05, 0) is 44.4 Å². The van der Waals surface area contributed by atoms with Crippen LogP contribution in [0.3, 0.4) is 0 Å². The average Bonchev–Trinajstić information content (AvgIpc) is 3.12. The fraction of sp³-hybridized carbons (Fsp3) is 0.455. The van der Waals surface area contributed by atoms with E-state index >= 15 is 0 Å². The van der Waals surface area contributed by atoms with Gasteiger partial charge in [-0.2, -0.15) is 10.1 Å². The number of aromatic amines is 1. The molecule has 30 heavy (non-hydrogen) atoms. The predicted octanol–water partition coefficient (Wildman–Crippen LogP) is 4.36. The van der Waals surface area contributed by atoms with Crippen molar-refractivity contribution in [1.29, 1.82) is 0 Å². The Morgan fingerprint density at radius 3 is 2.57 bits per heavy atom. The molecular formula is C22H28N4O4. The molecule has 3 aromatic rings. The van der Waals surface area contributed by atoms with E-state index in [1.165, 1.54) is 0 Å².